The first-order valence-electron chi connectivity index (χ1n) is 6.83. The number of aromatic nitrogens is 2. The zero-order valence-corrected chi connectivity index (χ0v) is 14.6. The quantitative estimate of drug-likeness (QED) is 0.508. The van der Waals surface area contributed by atoms with Crippen molar-refractivity contribution >= 4 is 45.5 Å². The van der Waals surface area contributed by atoms with Gasteiger partial charge in [-0.2, -0.15) is 0 Å². The highest BCUT2D eigenvalue weighted by Crippen LogP contribution is 2.30. The summed E-state index contributed by atoms with van der Waals surface area (Å²) in [6, 6.07) is 7.53. The smallest absolute Gasteiger partial charge is 0.231 e. The van der Waals surface area contributed by atoms with E-state index in [2.05, 4.69) is 15.5 Å². The maximum absolute atomic E-state index is 13.6. The Labute approximate surface area is 148 Å². The summed E-state index contributed by atoms with van der Waals surface area (Å²) >= 11 is 3.85. The molecular weight excluding hydrogens is 372 g/mol. The maximum atomic E-state index is 13.6. The number of hydrogen-bond acceptors (Lipinski definition) is 6. The van der Waals surface area contributed by atoms with Crippen LogP contribution in [-0.4, -0.2) is 16.1 Å². The first-order valence-corrected chi connectivity index (χ1v) is 9.51. The third kappa shape index (κ3) is 4.37. The molecule has 0 saturated carbocycles. The van der Waals surface area contributed by atoms with Crippen LogP contribution in [0.1, 0.15) is 10.4 Å². The fraction of sp³-hybridized carbons (Fsp3) is 0.133. The van der Waals surface area contributed by atoms with Gasteiger partial charge in [0.1, 0.15) is 11.6 Å². The number of amides is 1. The monoisotopic (exact) mass is 383 g/mol. The molecule has 0 bridgehead atoms. The highest BCUT2D eigenvalue weighted by Gasteiger charge is 2.13. The Morgan fingerprint density at radius 3 is 2.67 bits per heavy atom. The molecular formula is C15H11F2N3OS3. The Morgan fingerprint density at radius 2 is 1.96 bits per heavy atom. The van der Waals surface area contributed by atoms with Crippen molar-refractivity contribution in [1.82, 2.24) is 10.2 Å². The molecule has 2 aromatic heterocycles. The highest BCUT2D eigenvalue weighted by molar-refractivity contribution is 8.00. The van der Waals surface area contributed by atoms with Crippen molar-refractivity contribution in [2.24, 2.45) is 0 Å². The van der Waals surface area contributed by atoms with Gasteiger partial charge < -0.3 is 5.32 Å². The second kappa shape index (κ2) is 7.82. The number of halogens is 2. The maximum Gasteiger partial charge on any atom is 0.231 e. The van der Waals surface area contributed by atoms with E-state index >= 15 is 0 Å². The van der Waals surface area contributed by atoms with Crippen LogP contribution in [0.2, 0.25) is 0 Å². The van der Waals surface area contributed by atoms with E-state index in [0.717, 1.165) is 4.88 Å². The molecule has 1 aromatic carbocycles. The Morgan fingerprint density at radius 1 is 1.17 bits per heavy atom. The van der Waals surface area contributed by atoms with E-state index < -0.39 is 11.6 Å². The van der Waals surface area contributed by atoms with Crippen molar-refractivity contribution in [2.75, 3.05) is 5.32 Å². The number of carbonyl (C=O) groups excluding carboxylic acids is 1. The summed E-state index contributed by atoms with van der Waals surface area (Å²) in [4.78, 5) is 12.8. The summed E-state index contributed by atoms with van der Waals surface area (Å²) in [6.07, 6.45) is 0.278. The van der Waals surface area contributed by atoms with Crippen molar-refractivity contribution in [3.05, 3.63) is 57.8 Å². The first-order chi connectivity index (χ1) is 11.6. The molecule has 0 atom stereocenters. The molecule has 0 spiro atoms. The second-order valence-electron chi connectivity index (χ2n) is 4.67. The molecule has 124 valence electrons. The van der Waals surface area contributed by atoms with Crippen molar-refractivity contribution in [3.8, 4) is 0 Å². The zero-order chi connectivity index (χ0) is 16.9. The normalized spacial score (nSPS) is 10.8. The van der Waals surface area contributed by atoms with Crippen molar-refractivity contribution in [2.45, 2.75) is 16.5 Å². The van der Waals surface area contributed by atoms with E-state index in [1.807, 2.05) is 17.5 Å². The molecule has 0 unspecified atom stereocenters. The topological polar surface area (TPSA) is 54.9 Å². The number of nitrogens with zero attached hydrogens (tertiary/aromatic N) is 2. The molecule has 3 aromatic rings. The average Bonchev–Trinajstić information content (AvgIpc) is 3.19. The summed E-state index contributed by atoms with van der Waals surface area (Å²) in [5.74, 6) is -1.24. The summed E-state index contributed by atoms with van der Waals surface area (Å²) in [7, 11) is 0. The van der Waals surface area contributed by atoms with Gasteiger partial charge in [0.25, 0.3) is 0 Å². The Balaban J connectivity index is 1.56. The van der Waals surface area contributed by atoms with Gasteiger partial charge in [-0.05, 0) is 23.6 Å². The lowest BCUT2D eigenvalue weighted by Crippen LogP contribution is -2.13. The summed E-state index contributed by atoms with van der Waals surface area (Å²) < 4.78 is 27.7. The Bertz CT molecular complexity index is 816. The van der Waals surface area contributed by atoms with Crippen LogP contribution in [-0.2, 0) is 17.0 Å². The molecule has 3 rings (SSSR count). The number of hydrogen-bond donors (Lipinski definition) is 1. The molecule has 1 N–H and O–H groups in total. The number of rotatable bonds is 6. The predicted octanol–water partition coefficient (Wildman–Crippen LogP) is 4.35. The minimum absolute atomic E-state index is 0.000908. The molecule has 9 heteroatoms. The molecule has 24 heavy (non-hydrogen) atoms. The van der Waals surface area contributed by atoms with E-state index in [1.54, 1.807) is 0 Å². The lowest BCUT2D eigenvalue weighted by atomic mass is 10.2. The fourth-order valence-corrected chi connectivity index (χ4v) is 4.35. The van der Waals surface area contributed by atoms with Gasteiger partial charge in [-0.3, -0.25) is 4.79 Å². The second-order valence-corrected chi connectivity index (χ2v) is 7.90. The summed E-state index contributed by atoms with van der Waals surface area (Å²) in [5, 5.41) is 12.7. The molecule has 0 saturated heterocycles. The van der Waals surface area contributed by atoms with Gasteiger partial charge >= 0.3 is 0 Å². The Hall–Kier alpha value is -1.84. The standard InChI is InChI=1S/C15H11F2N3OS3/c16-11-4-1-5-12(17)10(11)8-23-15-20-19-14(24-15)18-13(21)7-9-3-2-6-22-9/h1-6H,7-8H2,(H,18,19,21). The van der Waals surface area contributed by atoms with E-state index in [1.165, 1.54) is 52.6 Å². The summed E-state index contributed by atoms with van der Waals surface area (Å²) in [5.41, 5.74) is 0.000908. The molecule has 0 fully saturated rings. The van der Waals surface area contributed by atoms with Gasteiger partial charge in [0, 0.05) is 16.2 Å². The fourth-order valence-electron chi connectivity index (χ4n) is 1.86. The molecule has 2 heterocycles. The van der Waals surface area contributed by atoms with Crippen LogP contribution in [0, 0.1) is 11.6 Å². The molecule has 1 amide bonds. The molecule has 0 aliphatic heterocycles. The van der Waals surface area contributed by atoms with E-state index in [9.17, 15) is 13.6 Å². The number of thiophene rings is 1. The minimum Gasteiger partial charge on any atom is -0.300 e. The van der Waals surface area contributed by atoms with Crippen LogP contribution in [0.3, 0.4) is 0 Å². The van der Waals surface area contributed by atoms with Crippen LogP contribution in [0.15, 0.2) is 40.1 Å². The zero-order valence-electron chi connectivity index (χ0n) is 12.2. The third-order valence-corrected chi connectivity index (χ3v) is 5.84. The van der Waals surface area contributed by atoms with Crippen molar-refractivity contribution in [1.29, 1.82) is 0 Å². The van der Waals surface area contributed by atoms with E-state index in [0.29, 0.717) is 9.47 Å². The van der Waals surface area contributed by atoms with Gasteiger partial charge in [-0.1, -0.05) is 35.2 Å². The predicted molar refractivity (Wildman–Crippen MR) is 92.5 cm³/mol. The van der Waals surface area contributed by atoms with Crippen molar-refractivity contribution in [3.63, 3.8) is 0 Å². The van der Waals surface area contributed by atoms with Gasteiger partial charge in [-0.25, -0.2) is 8.78 Å². The van der Waals surface area contributed by atoms with Crippen molar-refractivity contribution < 1.29 is 13.6 Å². The van der Waals surface area contributed by atoms with Gasteiger partial charge in [0.2, 0.25) is 11.0 Å². The summed E-state index contributed by atoms with van der Waals surface area (Å²) in [6.45, 7) is 0. The van der Waals surface area contributed by atoms with Gasteiger partial charge in [-0.15, -0.1) is 21.5 Å². The van der Waals surface area contributed by atoms with Crippen LogP contribution < -0.4 is 5.32 Å². The highest BCUT2D eigenvalue weighted by atomic mass is 32.2. The lowest BCUT2D eigenvalue weighted by molar-refractivity contribution is -0.115. The van der Waals surface area contributed by atoms with Crippen LogP contribution in [0.4, 0.5) is 13.9 Å². The number of benzene rings is 1. The number of thioether (sulfide) groups is 1. The number of nitrogens with one attached hydrogen (secondary N) is 1. The van der Waals surface area contributed by atoms with E-state index in [4.69, 9.17) is 0 Å². The minimum atomic E-state index is -0.587. The van der Waals surface area contributed by atoms with Crippen LogP contribution in [0.5, 0.6) is 0 Å². The largest absolute Gasteiger partial charge is 0.300 e. The first kappa shape index (κ1) is 17.0. The van der Waals surface area contributed by atoms with Gasteiger partial charge in [0.05, 0.1) is 6.42 Å². The van der Waals surface area contributed by atoms with E-state index in [-0.39, 0.29) is 23.6 Å². The average molecular weight is 383 g/mol. The van der Waals surface area contributed by atoms with Crippen LogP contribution >= 0.6 is 34.4 Å². The number of carbonyl (C=O) groups is 1. The molecule has 4 nitrogen and oxygen atoms in total. The molecule has 0 aliphatic rings. The molecule has 0 radical (unpaired) electrons. The number of anilines is 1. The third-order valence-electron chi connectivity index (χ3n) is 2.97. The van der Waals surface area contributed by atoms with Crippen LogP contribution in [0.25, 0.3) is 0 Å². The van der Waals surface area contributed by atoms with Gasteiger partial charge in [0.15, 0.2) is 4.34 Å². The molecule has 0 aliphatic carbocycles. The SMILES string of the molecule is O=C(Cc1cccs1)Nc1nnc(SCc2c(F)cccc2F)s1. The Kier molecular flexibility index (Phi) is 5.54. The lowest BCUT2D eigenvalue weighted by Gasteiger charge is -2.02.